The van der Waals surface area contributed by atoms with Gasteiger partial charge in [0, 0.05) is 6.04 Å². The van der Waals surface area contributed by atoms with Crippen molar-refractivity contribution in [2.24, 2.45) is 0 Å². The van der Waals surface area contributed by atoms with Crippen molar-refractivity contribution < 1.29 is 14.3 Å². The molecule has 0 aromatic heterocycles. The number of ether oxygens (including phenoxy) is 1. The van der Waals surface area contributed by atoms with Crippen LogP contribution in [-0.2, 0) is 4.79 Å². The summed E-state index contributed by atoms with van der Waals surface area (Å²) >= 11 is 0. The van der Waals surface area contributed by atoms with Gasteiger partial charge >= 0.3 is 0 Å². The Labute approximate surface area is 173 Å². The molecule has 0 saturated carbocycles. The van der Waals surface area contributed by atoms with Crippen molar-refractivity contribution in [2.45, 2.75) is 65.5 Å². The third kappa shape index (κ3) is 6.08. The Balaban J connectivity index is 2.19. The molecule has 2 N–H and O–H groups in total. The Morgan fingerprint density at radius 1 is 0.931 bits per heavy atom. The van der Waals surface area contributed by atoms with Crippen molar-refractivity contribution >= 4 is 17.5 Å². The lowest BCUT2D eigenvalue weighted by atomic mass is 9.98. The molecule has 0 aliphatic rings. The second-order valence-corrected chi connectivity index (χ2v) is 7.52. The van der Waals surface area contributed by atoms with Crippen LogP contribution in [0.1, 0.15) is 69.3 Å². The lowest BCUT2D eigenvalue weighted by Crippen LogP contribution is -2.34. The number of hydrogen-bond acceptors (Lipinski definition) is 3. The molecule has 2 aromatic rings. The van der Waals surface area contributed by atoms with Crippen molar-refractivity contribution in [1.29, 1.82) is 0 Å². The molecule has 5 nitrogen and oxygen atoms in total. The number of carbonyl (C=O) groups is 2. The van der Waals surface area contributed by atoms with Crippen LogP contribution in [0.4, 0.5) is 5.69 Å². The first kappa shape index (κ1) is 22.5. The van der Waals surface area contributed by atoms with Crippen LogP contribution in [0.2, 0.25) is 0 Å². The summed E-state index contributed by atoms with van der Waals surface area (Å²) in [7, 11) is 0. The van der Waals surface area contributed by atoms with Gasteiger partial charge in [0.15, 0.2) is 6.10 Å². The van der Waals surface area contributed by atoms with Crippen LogP contribution in [0.5, 0.6) is 5.75 Å². The molecule has 0 radical (unpaired) electrons. The van der Waals surface area contributed by atoms with Gasteiger partial charge in [-0.25, -0.2) is 0 Å². The Morgan fingerprint density at radius 2 is 1.59 bits per heavy atom. The molecule has 0 aliphatic carbocycles. The zero-order chi connectivity index (χ0) is 21.4. The standard InChI is InChI=1S/C24H32N2O3/c1-6-17(5)18-12-9-11-15-22(18)29-21(7-2)24(28)26-20-14-10-8-13-19(20)23(27)25-16(3)4/h8-17,21H,6-7H2,1-5H3,(H,25,27)(H,26,28). The minimum absolute atomic E-state index is 0.00929. The molecule has 5 heteroatoms. The van der Waals surface area contributed by atoms with Gasteiger partial charge < -0.3 is 15.4 Å². The molecule has 2 unspecified atom stereocenters. The summed E-state index contributed by atoms with van der Waals surface area (Å²) in [5.41, 5.74) is 2.01. The van der Waals surface area contributed by atoms with Gasteiger partial charge in [-0.15, -0.1) is 0 Å². The van der Waals surface area contributed by atoms with E-state index in [1.807, 2.05) is 45.0 Å². The van der Waals surface area contributed by atoms with Crippen LogP contribution in [0, 0.1) is 0 Å². The van der Waals surface area contributed by atoms with E-state index in [1.165, 1.54) is 0 Å². The molecule has 29 heavy (non-hydrogen) atoms. The van der Waals surface area contributed by atoms with Gasteiger partial charge in [-0.05, 0) is 56.4 Å². The quantitative estimate of drug-likeness (QED) is 0.617. The van der Waals surface area contributed by atoms with E-state index in [0.29, 0.717) is 23.6 Å². The first-order valence-corrected chi connectivity index (χ1v) is 10.3. The van der Waals surface area contributed by atoms with Crippen LogP contribution >= 0.6 is 0 Å². The fourth-order valence-electron chi connectivity index (χ4n) is 3.03. The smallest absolute Gasteiger partial charge is 0.265 e. The minimum Gasteiger partial charge on any atom is -0.480 e. The van der Waals surface area contributed by atoms with E-state index in [1.54, 1.807) is 24.3 Å². The molecule has 0 bridgehead atoms. The molecule has 0 fully saturated rings. The zero-order valence-electron chi connectivity index (χ0n) is 18.0. The van der Waals surface area contributed by atoms with Gasteiger partial charge in [0.25, 0.3) is 11.8 Å². The van der Waals surface area contributed by atoms with Crippen LogP contribution in [0.15, 0.2) is 48.5 Å². The van der Waals surface area contributed by atoms with E-state index in [-0.39, 0.29) is 17.9 Å². The fraction of sp³-hybridized carbons (Fsp3) is 0.417. The van der Waals surface area contributed by atoms with E-state index in [0.717, 1.165) is 17.7 Å². The Bertz CT molecular complexity index is 832. The van der Waals surface area contributed by atoms with Crippen molar-refractivity contribution in [1.82, 2.24) is 5.32 Å². The number of rotatable bonds is 9. The maximum absolute atomic E-state index is 12.9. The topological polar surface area (TPSA) is 67.4 Å². The highest BCUT2D eigenvalue weighted by Gasteiger charge is 2.22. The zero-order valence-corrected chi connectivity index (χ0v) is 18.0. The van der Waals surface area contributed by atoms with Gasteiger partial charge in [0.2, 0.25) is 0 Å². The minimum atomic E-state index is -0.651. The summed E-state index contributed by atoms with van der Waals surface area (Å²) < 4.78 is 6.10. The molecule has 2 amide bonds. The summed E-state index contributed by atoms with van der Waals surface area (Å²) in [4.78, 5) is 25.4. The maximum atomic E-state index is 12.9. The average Bonchev–Trinajstić information content (AvgIpc) is 2.71. The molecule has 0 spiro atoms. The number of hydrogen-bond donors (Lipinski definition) is 2. The highest BCUT2D eigenvalue weighted by molar-refractivity contribution is 6.04. The normalized spacial score (nSPS) is 12.9. The Hall–Kier alpha value is -2.82. The van der Waals surface area contributed by atoms with Crippen LogP contribution in [0.25, 0.3) is 0 Å². The predicted octanol–water partition coefficient (Wildman–Crippen LogP) is 5.13. The van der Waals surface area contributed by atoms with Gasteiger partial charge in [0.1, 0.15) is 5.75 Å². The molecule has 0 heterocycles. The van der Waals surface area contributed by atoms with Crippen LogP contribution in [0.3, 0.4) is 0 Å². The lowest BCUT2D eigenvalue weighted by Gasteiger charge is -2.22. The highest BCUT2D eigenvalue weighted by Crippen LogP contribution is 2.29. The molecular weight excluding hydrogens is 364 g/mol. The number of carbonyl (C=O) groups excluding carboxylic acids is 2. The lowest BCUT2D eigenvalue weighted by molar-refractivity contribution is -0.122. The van der Waals surface area contributed by atoms with Crippen LogP contribution in [-0.4, -0.2) is 24.0 Å². The van der Waals surface area contributed by atoms with Crippen molar-refractivity contribution in [3.8, 4) is 5.75 Å². The number of nitrogens with one attached hydrogen (secondary N) is 2. The summed E-state index contributed by atoms with van der Waals surface area (Å²) in [5.74, 6) is 0.588. The molecular formula is C24H32N2O3. The Morgan fingerprint density at radius 3 is 2.24 bits per heavy atom. The monoisotopic (exact) mass is 396 g/mol. The summed E-state index contributed by atoms with van der Waals surface area (Å²) in [5, 5.41) is 5.73. The number of benzene rings is 2. The highest BCUT2D eigenvalue weighted by atomic mass is 16.5. The average molecular weight is 397 g/mol. The number of anilines is 1. The van der Waals surface area contributed by atoms with Crippen molar-refractivity contribution in [3.05, 3.63) is 59.7 Å². The summed E-state index contributed by atoms with van der Waals surface area (Å²) in [6.45, 7) is 9.98. The van der Waals surface area contributed by atoms with Crippen molar-refractivity contribution in [3.63, 3.8) is 0 Å². The van der Waals surface area contributed by atoms with Crippen molar-refractivity contribution in [2.75, 3.05) is 5.32 Å². The second kappa shape index (κ2) is 10.6. The van der Waals surface area contributed by atoms with E-state index in [4.69, 9.17) is 4.74 Å². The van der Waals surface area contributed by atoms with E-state index in [9.17, 15) is 9.59 Å². The SMILES string of the molecule is CCC(Oc1ccccc1C(C)CC)C(=O)Nc1ccccc1C(=O)NC(C)C. The Kier molecular flexibility index (Phi) is 8.25. The molecule has 2 atom stereocenters. The van der Waals surface area contributed by atoms with E-state index >= 15 is 0 Å². The van der Waals surface area contributed by atoms with Gasteiger partial charge in [0.05, 0.1) is 11.3 Å². The maximum Gasteiger partial charge on any atom is 0.265 e. The molecule has 156 valence electrons. The third-order valence-corrected chi connectivity index (χ3v) is 4.84. The molecule has 2 aromatic carbocycles. The van der Waals surface area contributed by atoms with E-state index < -0.39 is 6.10 Å². The van der Waals surface area contributed by atoms with Gasteiger partial charge in [-0.2, -0.15) is 0 Å². The number of para-hydroxylation sites is 2. The first-order valence-electron chi connectivity index (χ1n) is 10.3. The molecule has 0 aliphatic heterocycles. The fourth-order valence-corrected chi connectivity index (χ4v) is 3.03. The van der Waals surface area contributed by atoms with Crippen LogP contribution < -0.4 is 15.4 Å². The second-order valence-electron chi connectivity index (χ2n) is 7.52. The first-order chi connectivity index (χ1) is 13.9. The number of amides is 2. The van der Waals surface area contributed by atoms with Gasteiger partial charge in [-0.1, -0.05) is 51.1 Å². The summed E-state index contributed by atoms with van der Waals surface area (Å²) in [6, 6.07) is 14.9. The molecule has 2 rings (SSSR count). The largest absolute Gasteiger partial charge is 0.480 e. The summed E-state index contributed by atoms with van der Waals surface area (Å²) in [6.07, 6.45) is 0.851. The van der Waals surface area contributed by atoms with E-state index in [2.05, 4.69) is 24.5 Å². The predicted molar refractivity (Wildman–Crippen MR) is 118 cm³/mol. The molecule has 0 saturated heterocycles. The third-order valence-electron chi connectivity index (χ3n) is 4.84. The van der Waals surface area contributed by atoms with Gasteiger partial charge in [-0.3, -0.25) is 9.59 Å².